The lowest BCUT2D eigenvalue weighted by Crippen LogP contribution is -2.44. The monoisotopic (exact) mass is 296 g/mol. The smallest absolute Gasteiger partial charge is 0.273 e. The Kier molecular flexibility index (Phi) is 2.93. The minimum atomic E-state index is 0.0707. The van der Waals surface area contributed by atoms with Gasteiger partial charge in [0.05, 0.1) is 5.51 Å². The van der Waals surface area contributed by atoms with E-state index in [0.717, 1.165) is 25.9 Å². The van der Waals surface area contributed by atoms with Crippen molar-refractivity contribution in [3.8, 4) is 0 Å². The van der Waals surface area contributed by atoms with Gasteiger partial charge in [-0.1, -0.05) is 36.4 Å². The summed E-state index contributed by atoms with van der Waals surface area (Å²) in [5, 5.41) is 1.83. The zero-order valence-electron chi connectivity index (χ0n) is 11.7. The molecule has 0 saturated carbocycles. The van der Waals surface area contributed by atoms with Crippen LogP contribution in [-0.2, 0) is 5.41 Å². The number of likely N-dealkylation sites (tertiary alicyclic amines) is 1. The van der Waals surface area contributed by atoms with Gasteiger partial charge in [0.2, 0.25) is 0 Å². The first-order valence-corrected chi connectivity index (χ1v) is 8.19. The van der Waals surface area contributed by atoms with Gasteiger partial charge in [-0.3, -0.25) is 4.79 Å². The fraction of sp³-hybridized carbons (Fsp3) is 0.294. The first kappa shape index (κ1) is 12.8. The Hall–Kier alpha value is -1.94. The van der Waals surface area contributed by atoms with E-state index in [4.69, 9.17) is 0 Å². The van der Waals surface area contributed by atoms with E-state index in [0.29, 0.717) is 5.69 Å². The third-order valence-corrected chi connectivity index (χ3v) is 5.26. The van der Waals surface area contributed by atoms with Crippen molar-refractivity contribution in [1.29, 1.82) is 0 Å². The van der Waals surface area contributed by atoms with E-state index < -0.39 is 0 Å². The maximum Gasteiger partial charge on any atom is 0.273 e. The quantitative estimate of drug-likeness (QED) is 0.808. The van der Waals surface area contributed by atoms with Crippen LogP contribution in [0.5, 0.6) is 0 Å². The van der Waals surface area contributed by atoms with Crippen molar-refractivity contribution in [2.75, 3.05) is 13.1 Å². The van der Waals surface area contributed by atoms with E-state index in [1.54, 1.807) is 5.51 Å². The van der Waals surface area contributed by atoms with Crippen LogP contribution in [0.15, 0.2) is 41.2 Å². The molecule has 2 heterocycles. The summed E-state index contributed by atoms with van der Waals surface area (Å²) in [5.74, 6) is 0.0707. The van der Waals surface area contributed by atoms with Gasteiger partial charge in [0.25, 0.3) is 5.91 Å². The molecule has 4 heteroatoms. The van der Waals surface area contributed by atoms with Gasteiger partial charge >= 0.3 is 0 Å². The lowest BCUT2D eigenvalue weighted by molar-refractivity contribution is 0.0685. The summed E-state index contributed by atoms with van der Waals surface area (Å²) >= 11 is 1.47. The van der Waals surface area contributed by atoms with Crippen molar-refractivity contribution in [2.45, 2.75) is 18.3 Å². The van der Waals surface area contributed by atoms with E-state index in [9.17, 15) is 4.79 Å². The Bertz CT molecular complexity index is 697. The molecule has 1 fully saturated rings. The highest BCUT2D eigenvalue weighted by Gasteiger charge is 2.39. The molecule has 3 nitrogen and oxygen atoms in total. The molecular weight excluding hydrogens is 280 g/mol. The highest BCUT2D eigenvalue weighted by molar-refractivity contribution is 7.07. The molecule has 106 valence electrons. The zero-order valence-corrected chi connectivity index (χ0v) is 12.5. The number of carbonyl (C=O) groups excluding carboxylic acids is 1. The number of allylic oxidation sites excluding steroid dienone is 1. The number of carbonyl (C=O) groups is 1. The molecule has 0 bridgehead atoms. The molecule has 21 heavy (non-hydrogen) atoms. The number of hydrogen-bond acceptors (Lipinski definition) is 3. The molecule has 2 aliphatic rings. The molecule has 1 spiro atoms. The minimum absolute atomic E-state index is 0.0707. The summed E-state index contributed by atoms with van der Waals surface area (Å²) < 4.78 is 0. The number of aromatic nitrogens is 1. The molecule has 1 saturated heterocycles. The minimum Gasteiger partial charge on any atom is -0.337 e. The van der Waals surface area contributed by atoms with E-state index in [1.807, 2.05) is 10.3 Å². The largest absolute Gasteiger partial charge is 0.337 e. The zero-order chi connectivity index (χ0) is 14.3. The SMILES string of the molecule is O=C(c1cscn1)N1CCC2(C=Cc3ccccc32)CC1. The Balaban J connectivity index is 1.53. The Morgan fingerprint density at radius 2 is 2.05 bits per heavy atom. The second-order valence-electron chi connectivity index (χ2n) is 5.74. The first-order chi connectivity index (χ1) is 10.3. The lowest BCUT2D eigenvalue weighted by atomic mass is 9.74. The molecule has 2 aromatic rings. The lowest BCUT2D eigenvalue weighted by Gasteiger charge is -2.39. The van der Waals surface area contributed by atoms with Gasteiger partial charge < -0.3 is 4.90 Å². The number of thiazole rings is 1. The molecule has 0 atom stereocenters. The first-order valence-electron chi connectivity index (χ1n) is 7.25. The van der Waals surface area contributed by atoms with Gasteiger partial charge in [0.1, 0.15) is 5.69 Å². The number of fused-ring (bicyclic) bond motifs is 2. The van der Waals surface area contributed by atoms with Crippen LogP contribution < -0.4 is 0 Å². The maximum absolute atomic E-state index is 12.4. The van der Waals surface area contributed by atoms with Crippen molar-refractivity contribution in [2.24, 2.45) is 0 Å². The molecule has 0 unspecified atom stereocenters. The Morgan fingerprint density at radius 3 is 2.81 bits per heavy atom. The number of nitrogens with zero attached hydrogens (tertiary/aromatic N) is 2. The number of benzene rings is 1. The second kappa shape index (κ2) is 4.81. The maximum atomic E-state index is 12.4. The van der Waals surface area contributed by atoms with Gasteiger partial charge in [-0.05, 0) is 24.0 Å². The molecule has 0 N–H and O–H groups in total. The second-order valence-corrected chi connectivity index (χ2v) is 6.46. The van der Waals surface area contributed by atoms with Crippen molar-refractivity contribution in [1.82, 2.24) is 9.88 Å². The van der Waals surface area contributed by atoms with Crippen LogP contribution >= 0.6 is 11.3 Å². The van der Waals surface area contributed by atoms with Crippen molar-refractivity contribution in [3.05, 3.63) is 58.1 Å². The van der Waals surface area contributed by atoms with E-state index in [1.165, 1.54) is 22.5 Å². The van der Waals surface area contributed by atoms with Crippen LogP contribution in [-0.4, -0.2) is 28.9 Å². The predicted molar refractivity (Wildman–Crippen MR) is 84.4 cm³/mol. The van der Waals surface area contributed by atoms with Crippen molar-refractivity contribution >= 4 is 23.3 Å². The topological polar surface area (TPSA) is 33.2 Å². The molecule has 4 rings (SSSR count). The van der Waals surface area contributed by atoms with E-state index in [-0.39, 0.29) is 11.3 Å². The predicted octanol–water partition coefficient (Wildman–Crippen LogP) is 3.34. The fourth-order valence-corrected chi connectivity index (χ4v) is 3.99. The number of rotatable bonds is 1. The van der Waals surface area contributed by atoms with Crippen molar-refractivity contribution in [3.63, 3.8) is 0 Å². The average Bonchev–Trinajstić information content (AvgIpc) is 3.17. The fourth-order valence-electron chi connectivity index (χ4n) is 3.46. The molecule has 1 amide bonds. The normalized spacial score (nSPS) is 19.0. The van der Waals surface area contributed by atoms with Crippen LogP contribution in [0, 0.1) is 0 Å². The van der Waals surface area contributed by atoms with Crippen LogP contribution in [0.2, 0.25) is 0 Å². The van der Waals surface area contributed by atoms with Gasteiger partial charge in [0.15, 0.2) is 0 Å². The Labute approximate surface area is 127 Å². The molecule has 0 radical (unpaired) electrons. The molecular formula is C17H16N2OS. The van der Waals surface area contributed by atoms with Gasteiger partial charge in [0, 0.05) is 23.9 Å². The summed E-state index contributed by atoms with van der Waals surface area (Å²) in [6.45, 7) is 1.60. The van der Waals surface area contributed by atoms with E-state index in [2.05, 4.69) is 41.4 Å². The molecule has 1 aromatic carbocycles. The van der Waals surface area contributed by atoms with Gasteiger partial charge in [-0.2, -0.15) is 0 Å². The summed E-state index contributed by atoms with van der Waals surface area (Å²) in [7, 11) is 0. The van der Waals surface area contributed by atoms with Crippen molar-refractivity contribution < 1.29 is 4.79 Å². The number of piperidine rings is 1. The summed E-state index contributed by atoms with van der Waals surface area (Å²) in [5.41, 5.74) is 5.19. The molecule has 1 aliphatic heterocycles. The third kappa shape index (κ3) is 2.02. The number of amides is 1. The highest BCUT2D eigenvalue weighted by atomic mass is 32.1. The Morgan fingerprint density at radius 1 is 1.24 bits per heavy atom. The summed E-state index contributed by atoms with van der Waals surface area (Å²) in [6.07, 6.45) is 6.56. The molecule has 1 aliphatic carbocycles. The summed E-state index contributed by atoms with van der Waals surface area (Å²) in [6, 6.07) is 8.60. The third-order valence-electron chi connectivity index (χ3n) is 4.67. The van der Waals surface area contributed by atoms with Crippen LogP contribution in [0.4, 0.5) is 0 Å². The standard InChI is InChI=1S/C17H16N2OS/c20-16(15-11-21-12-18-15)19-9-7-17(8-10-19)6-5-13-3-1-2-4-14(13)17/h1-6,11-12H,7-10H2. The van der Waals surface area contributed by atoms with Gasteiger partial charge in [-0.25, -0.2) is 4.98 Å². The average molecular weight is 296 g/mol. The van der Waals surface area contributed by atoms with Crippen LogP contribution in [0.1, 0.15) is 34.5 Å². The summed E-state index contributed by atoms with van der Waals surface area (Å²) in [4.78, 5) is 18.4. The van der Waals surface area contributed by atoms with E-state index >= 15 is 0 Å². The molecule has 1 aromatic heterocycles. The number of hydrogen-bond donors (Lipinski definition) is 0. The van der Waals surface area contributed by atoms with Crippen LogP contribution in [0.3, 0.4) is 0 Å². The highest BCUT2D eigenvalue weighted by Crippen LogP contribution is 2.43. The van der Waals surface area contributed by atoms with Crippen LogP contribution in [0.25, 0.3) is 6.08 Å². The van der Waals surface area contributed by atoms with Gasteiger partial charge in [-0.15, -0.1) is 11.3 Å².